The van der Waals surface area contributed by atoms with Gasteiger partial charge in [-0.25, -0.2) is 4.79 Å². The van der Waals surface area contributed by atoms with Crippen molar-refractivity contribution in [2.24, 2.45) is 0 Å². The van der Waals surface area contributed by atoms with Crippen molar-refractivity contribution in [3.8, 4) is 0 Å². The predicted molar refractivity (Wildman–Crippen MR) is 70.1 cm³/mol. The zero-order valence-corrected chi connectivity index (χ0v) is 10.6. The van der Waals surface area contributed by atoms with Gasteiger partial charge in [-0.15, -0.1) is 0 Å². The maximum absolute atomic E-state index is 11.9. The maximum atomic E-state index is 11.9. The molecule has 2 heterocycles. The molecule has 2 N–H and O–H groups in total. The molecule has 0 aliphatic heterocycles. The van der Waals surface area contributed by atoms with Gasteiger partial charge in [-0.05, 0) is 12.1 Å². The minimum Gasteiger partial charge on any atom is -0.478 e. The Kier molecular flexibility index (Phi) is 3.71. The highest BCUT2D eigenvalue weighted by molar-refractivity contribution is 7.17. The van der Waals surface area contributed by atoms with Crippen molar-refractivity contribution in [2.75, 3.05) is 5.32 Å². The summed E-state index contributed by atoms with van der Waals surface area (Å²) in [5.41, 5.74) is -0.0829. The number of amides is 1. The molecule has 0 unspecified atom stereocenters. The molecule has 0 aliphatic carbocycles. The Bertz CT molecular complexity index is 697. The number of carboxylic acids is 1. The van der Waals surface area contributed by atoms with Crippen LogP contribution in [0.2, 0.25) is 0 Å². The Balaban J connectivity index is 2.23. The van der Waals surface area contributed by atoms with Crippen LogP contribution in [-0.4, -0.2) is 26.9 Å². The van der Waals surface area contributed by atoms with Crippen molar-refractivity contribution >= 4 is 33.9 Å². The van der Waals surface area contributed by atoms with E-state index in [1.165, 1.54) is 30.6 Å². The summed E-state index contributed by atoms with van der Waals surface area (Å²) in [6.45, 7) is 0. The van der Waals surface area contributed by atoms with Crippen LogP contribution in [0, 0.1) is 10.1 Å². The largest absolute Gasteiger partial charge is 0.478 e. The molecule has 0 fully saturated rings. The van der Waals surface area contributed by atoms with Gasteiger partial charge in [-0.2, -0.15) is 0 Å². The van der Waals surface area contributed by atoms with Gasteiger partial charge in [0.1, 0.15) is 0 Å². The second-order valence-corrected chi connectivity index (χ2v) is 4.64. The molecule has 0 spiro atoms. The summed E-state index contributed by atoms with van der Waals surface area (Å²) in [4.78, 5) is 36.6. The molecule has 0 aromatic carbocycles. The number of hydrogen-bond donors (Lipinski definition) is 2. The molecule has 0 saturated carbocycles. The fourth-order valence-corrected chi connectivity index (χ4v) is 2.13. The molecule has 2 aromatic rings. The van der Waals surface area contributed by atoms with Crippen molar-refractivity contribution in [2.45, 2.75) is 0 Å². The average Bonchev–Trinajstić information content (AvgIpc) is 2.89. The standard InChI is InChI=1S/C11H7N3O5S/c15-10(8-1-2-9(20-8)14(18)19)13-7-5-12-4-3-6(7)11(16)17/h1-5H,(H,13,15)(H,16,17). The molecule has 8 nitrogen and oxygen atoms in total. The molecule has 1 amide bonds. The Hall–Kier alpha value is -2.81. The fraction of sp³-hybridized carbons (Fsp3) is 0. The molecule has 20 heavy (non-hydrogen) atoms. The number of anilines is 1. The lowest BCUT2D eigenvalue weighted by molar-refractivity contribution is -0.380. The van der Waals surface area contributed by atoms with Gasteiger partial charge in [-0.3, -0.25) is 19.9 Å². The van der Waals surface area contributed by atoms with E-state index in [2.05, 4.69) is 10.3 Å². The molecular formula is C11H7N3O5S. The van der Waals surface area contributed by atoms with Gasteiger partial charge in [-0.1, -0.05) is 11.3 Å². The van der Waals surface area contributed by atoms with Crippen molar-refractivity contribution in [3.05, 3.63) is 51.1 Å². The zero-order chi connectivity index (χ0) is 14.7. The fourth-order valence-electron chi connectivity index (χ4n) is 1.41. The van der Waals surface area contributed by atoms with E-state index < -0.39 is 16.8 Å². The third-order valence-corrected chi connectivity index (χ3v) is 3.33. The van der Waals surface area contributed by atoms with Gasteiger partial charge in [0.2, 0.25) is 0 Å². The van der Waals surface area contributed by atoms with E-state index in [4.69, 9.17) is 5.11 Å². The number of pyridine rings is 1. The minimum absolute atomic E-state index is 0.0288. The van der Waals surface area contributed by atoms with Gasteiger partial charge in [0.15, 0.2) is 0 Å². The lowest BCUT2D eigenvalue weighted by Gasteiger charge is -2.05. The van der Waals surface area contributed by atoms with Crippen molar-refractivity contribution in [1.82, 2.24) is 4.98 Å². The molecule has 0 bridgehead atoms. The Labute approximate surface area is 115 Å². The van der Waals surface area contributed by atoms with Crippen LogP contribution in [0.25, 0.3) is 0 Å². The summed E-state index contributed by atoms with van der Waals surface area (Å²) in [5.74, 6) is -1.83. The third kappa shape index (κ3) is 2.78. The average molecular weight is 293 g/mol. The van der Waals surface area contributed by atoms with E-state index in [9.17, 15) is 19.7 Å². The topological polar surface area (TPSA) is 122 Å². The van der Waals surface area contributed by atoms with E-state index in [0.717, 1.165) is 0 Å². The first-order valence-electron chi connectivity index (χ1n) is 5.22. The Morgan fingerprint density at radius 2 is 2.10 bits per heavy atom. The Morgan fingerprint density at radius 1 is 1.35 bits per heavy atom. The van der Waals surface area contributed by atoms with Gasteiger partial charge in [0.05, 0.1) is 27.2 Å². The SMILES string of the molecule is O=C(Nc1cnccc1C(=O)O)c1ccc([N+](=O)[O-])s1. The highest BCUT2D eigenvalue weighted by Crippen LogP contribution is 2.25. The number of carboxylic acid groups (broad SMARTS) is 1. The number of aromatic nitrogens is 1. The number of nitro groups is 1. The second kappa shape index (κ2) is 5.45. The first kappa shape index (κ1) is 13.6. The summed E-state index contributed by atoms with van der Waals surface area (Å²) in [7, 11) is 0. The second-order valence-electron chi connectivity index (χ2n) is 3.58. The van der Waals surface area contributed by atoms with Crippen LogP contribution in [0.4, 0.5) is 10.7 Å². The molecular weight excluding hydrogens is 286 g/mol. The first-order valence-corrected chi connectivity index (χ1v) is 6.03. The Morgan fingerprint density at radius 3 is 2.70 bits per heavy atom. The lowest BCUT2D eigenvalue weighted by atomic mass is 10.2. The number of nitrogens with one attached hydrogen (secondary N) is 1. The number of nitrogens with zero attached hydrogens (tertiary/aromatic N) is 2. The number of carbonyl (C=O) groups excluding carboxylic acids is 1. The van der Waals surface area contributed by atoms with Crippen LogP contribution in [0.15, 0.2) is 30.6 Å². The predicted octanol–water partition coefficient (Wildman–Crippen LogP) is 2.00. The number of carbonyl (C=O) groups is 2. The van der Waals surface area contributed by atoms with Crippen molar-refractivity contribution in [1.29, 1.82) is 0 Å². The molecule has 2 rings (SSSR count). The van der Waals surface area contributed by atoms with Crippen LogP contribution in [0.3, 0.4) is 0 Å². The quantitative estimate of drug-likeness (QED) is 0.656. The molecule has 9 heteroatoms. The van der Waals surface area contributed by atoms with E-state index in [0.29, 0.717) is 11.3 Å². The van der Waals surface area contributed by atoms with Crippen molar-refractivity contribution < 1.29 is 19.6 Å². The van der Waals surface area contributed by atoms with Crippen LogP contribution in [-0.2, 0) is 0 Å². The molecule has 2 aromatic heterocycles. The molecule has 0 radical (unpaired) electrons. The number of thiophene rings is 1. The van der Waals surface area contributed by atoms with E-state index in [-0.39, 0.29) is 21.1 Å². The van der Waals surface area contributed by atoms with Crippen LogP contribution in [0.5, 0.6) is 0 Å². The lowest BCUT2D eigenvalue weighted by Crippen LogP contribution is -2.13. The van der Waals surface area contributed by atoms with Crippen molar-refractivity contribution in [3.63, 3.8) is 0 Å². The van der Waals surface area contributed by atoms with Crippen LogP contribution < -0.4 is 5.32 Å². The minimum atomic E-state index is -1.21. The van der Waals surface area contributed by atoms with E-state index in [1.54, 1.807) is 0 Å². The third-order valence-electron chi connectivity index (χ3n) is 2.30. The maximum Gasteiger partial charge on any atom is 0.337 e. The van der Waals surface area contributed by atoms with E-state index >= 15 is 0 Å². The zero-order valence-electron chi connectivity index (χ0n) is 9.77. The van der Waals surface area contributed by atoms with Gasteiger partial charge in [0, 0.05) is 12.3 Å². The summed E-state index contributed by atoms with van der Waals surface area (Å²) < 4.78 is 0. The molecule has 0 saturated heterocycles. The highest BCUT2D eigenvalue weighted by Gasteiger charge is 2.17. The summed E-state index contributed by atoms with van der Waals surface area (Å²) >= 11 is 0.704. The normalized spacial score (nSPS) is 10.0. The highest BCUT2D eigenvalue weighted by atomic mass is 32.1. The van der Waals surface area contributed by atoms with Crippen LogP contribution in [0.1, 0.15) is 20.0 Å². The molecule has 0 atom stereocenters. The van der Waals surface area contributed by atoms with Gasteiger partial charge in [0.25, 0.3) is 5.91 Å². The molecule has 0 aliphatic rings. The number of aromatic carboxylic acids is 1. The summed E-state index contributed by atoms with van der Waals surface area (Å²) in [6.07, 6.45) is 2.48. The first-order chi connectivity index (χ1) is 9.49. The van der Waals surface area contributed by atoms with Crippen LogP contribution >= 0.6 is 11.3 Å². The van der Waals surface area contributed by atoms with Gasteiger partial charge >= 0.3 is 11.0 Å². The van der Waals surface area contributed by atoms with E-state index in [1.807, 2.05) is 0 Å². The van der Waals surface area contributed by atoms with Gasteiger partial charge < -0.3 is 10.4 Å². The summed E-state index contributed by atoms with van der Waals surface area (Å²) in [5, 5.41) is 21.7. The monoisotopic (exact) mass is 293 g/mol. The number of rotatable bonds is 4. The number of hydrogen-bond acceptors (Lipinski definition) is 6. The molecule has 102 valence electrons. The summed E-state index contributed by atoms with van der Waals surface area (Å²) in [6, 6.07) is 3.75. The smallest absolute Gasteiger partial charge is 0.337 e.